The Hall–Kier alpha value is -1.90. The average Bonchev–Trinajstić information content (AvgIpc) is 3.30. The van der Waals surface area contributed by atoms with Crippen LogP contribution in [0.1, 0.15) is 10.6 Å². The number of nitrogens with zero attached hydrogens (tertiary/aromatic N) is 6. The number of imidazole rings is 1. The largest absolute Gasteiger partial charge is 0.305 e. The summed E-state index contributed by atoms with van der Waals surface area (Å²) in [5.74, 6) is 0.707. The molecule has 0 N–H and O–H groups in total. The smallest absolute Gasteiger partial charge is 0.209 e. The highest BCUT2D eigenvalue weighted by Gasteiger charge is 2.09. The van der Waals surface area contributed by atoms with Gasteiger partial charge in [-0.15, -0.1) is 16.4 Å². The number of rotatable bonds is 6. The van der Waals surface area contributed by atoms with E-state index >= 15 is 0 Å². The fourth-order valence-corrected chi connectivity index (χ4v) is 3.99. The third-order valence-electron chi connectivity index (χ3n) is 3.46. The average molecular weight is 377 g/mol. The van der Waals surface area contributed by atoms with Gasteiger partial charge in [-0.1, -0.05) is 29.4 Å². The van der Waals surface area contributed by atoms with E-state index in [1.54, 1.807) is 23.1 Å². The van der Waals surface area contributed by atoms with Gasteiger partial charge in [0.15, 0.2) is 0 Å². The summed E-state index contributed by atoms with van der Waals surface area (Å²) < 4.78 is 3.77. The zero-order valence-electron chi connectivity index (χ0n) is 12.5. The number of aromatic nitrogens is 6. The Morgan fingerprint density at radius 3 is 3.04 bits per heavy atom. The minimum absolute atomic E-state index is 0.691. The van der Waals surface area contributed by atoms with Crippen LogP contribution in [0.5, 0.6) is 0 Å². The van der Waals surface area contributed by atoms with Crippen molar-refractivity contribution in [1.29, 1.82) is 0 Å². The molecule has 0 saturated carbocycles. The zero-order chi connectivity index (χ0) is 16.4. The summed E-state index contributed by atoms with van der Waals surface area (Å²) in [6.45, 7) is 0.774. The number of thioether (sulfide) groups is 1. The van der Waals surface area contributed by atoms with Crippen molar-refractivity contribution in [2.24, 2.45) is 0 Å². The minimum atomic E-state index is 0.691. The molecule has 4 aromatic rings. The Labute approximate surface area is 151 Å². The van der Waals surface area contributed by atoms with Crippen LogP contribution in [0.15, 0.2) is 47.2 Å². The number of hydrogen-bond donors (Lipinski definition) is 0. The van der Waals surface area contributed by atoms with Gasteiger partial charge in [-0.3, -0.25) is 0 Å². The number of aryl methyl sites for hydroxylation is 2. The van der Waals surface area contributed by atoms with Crippen molar-refractivity contribution in [1.82, 2.24) is 29.6 Å². The number of thiophene rings is 1. The third-order valence-corrected chi connectivity index (χ3v) is 5.61. The maximum absolute atomic E-state index is 6.00. The molecule has 0 unspecified atom stereocenters. The second-order valence-corrected chi connectivity index (χ2v) is 7.56. The molecule has 0 fully saturated rings. The molecule has 24 heavy (non-hydrogen) atoms. The molecule has 0 aliphatic carbocycles. The SMILES string of the molecule is Clc1ccc2nc(CSc3nnnn3CCc3cccs3)cn2c1. The van der Waals surface area contributed by atoms with Crippen molar-refractivity contribution in [3.63, 3.8) is 0 Å². The summed E-state index contributed by atoms with van der Waals surface area (Å²) in [6.07, 6.45) is 4.76. The van der Waals surface area contributed by atoms with Crippen LogP contribution in [0, 0.1) is 0 Å². The van der Waals surface area contributed by atoms with E-state index in [0.717, 1.165) is 29.5 Å². The molecule has 0 amide bonds. The van der Waals surface area contributed by atoms with Crippen LogP contribution in [0.3, 0.4) is 0 Å². The molecule has 0 bridgehead atoms. The van der Waals surface area contributed by atoms with Crippen LogP contribution in [0.4, 0.5) is 0 Å². The molecule has 6 nitrogen and oxygen atoms in total. The first-order valence-electron chi connectivity index (χ1n) is 7.32. The first-order valence-corrected chi connectivity index (χ1v) is 9.57. The number of hydrogen-bond acceptors (Lipinski definition) is 6. The zero-order valence-corrected chi connectivity index (χ0v) is 14.9. The van der Waals surface area contributed by atoms with Gasteiger partial charge in [0.05, 0.1) is 17.3 Å². The van der Waals surface area contributed by atoms with Gasteiger partial charge in [-0.05, 0) is 34.0 Å². The van der Waals surface area contributed by atoms with E-state index in [2.05, 4.69) is 38.0 Å². The molecule has 0 aromatic carbocycles. The van der Waals surface area contributed by atoms with Crippen molar-refractivity contribution < 1.29 is 0 Å². The Morgan fingerprint density at radius 1 is 1.21 bits per heavy atom. The molecule has 0 aliphatic rings. The van der Waals surface area contributed by atoms with E-state index in [9.17, 15) is 0 Å². The quantitative estimate of drug-likeness (QED) is 0.481. The third kappa shape index (κ3) is 3.45. The normalized spacial score (nSPS) is 11.4. The molecule has 0 saturated heterocycles. The van der Waals surface area contributed by atoms with Crippen LogP contribution in [-0.4, -0.2) is 29.6 Å². The van der Waals surface area contributed by atoms with Crippen LogP contribution in [0.25, 0.3) is 5.65 Å². The van der Waals surface area contributed by atoms with Crippen molar-refractivity contribution in [3.8, 4) is 0 Å². The molecular formula is C15H13ClN6S2. The van der Waals surface area contributed by atoms with E-state index in [0.29, 0.717) is 10.8 Å². The van der Waals surface area contributed by atoms with Gasteiger partial charge in [0.2, 0.25) is 5.16 Å². The van der Waals surface area contributed by atoms with Gasteiger partial charge < -0.3 is 4.40 Å². The lowest BCUT2D eigenvalue weighted by Crippen LogP contribution is -2.04. The standard InChI is InChI=1S/C15H13ClN6S2/c16-11-3-4-14-17-12(9-21(14)8-11)10-24-15-18-19-20-22(15)6-5-13-2-1-7-23-13/h1-4,7-9H,5-6,10H2. The number of pyridine rings is 1. The molecule has 9 heteroatoms. The highest BCUT2D eigenvalue weighted by atomic mass is 35.5. The Morgan fingerprint density at radius 2 is 2.17 bits per heavy atom. The highest BCUT2D eigenvalue weighted by molar-refractivity contribution is 7.98. The van der Waals surface area contributed by atoms with Crippen LogP contribution < -0.4 is 0 Å². The topological polar surface area (TPSA) is 60.9 Å². The predicted octanol–water partition coefficient (Wildman–Crippen LogP) is 3.57. The summed E-state index contributed by atoms with van der Waals surface area (Å²) in [5.41, 5.74) is 1.85. The molecule has 4 rings (SSSR count). The molecule has 0 atom stereocenters. The lowest BCUT2D eigenvalue weighted by atomic mass is 10.3. The monoisotopic (exact) mass is 376 g/mol. The fourth-order valence-electron chi connectivity index (χ4n) is 2.34. The van der Waals surface area contributed by atoms with Gasteiger partial charge >= 0.3 is 0 Å². The van der Waals surface area contributed by atoms with Crippen molar-refractivity contribution >= 4 is 40.3 Å². The molecule has 0 spiro atoms. The summed E-state index contributed by atoms with van der Waals surface area (Å²) in [6, 6.07) is 7.93. The molecule has 122 valence electrons. The second kappa shape index (κ2) is 6.92. The van der Waals surface area contributed by atoms with E-state index in [1.165, 1.54) is 4.88 Å². The molecule has 0 radical (unpaired) electrons. The highest BCUT2D eigenvalue weighted by Crippen LogP contribution is 2.21. The Kier molecular flexibility index (Phi) is 4.50. The molecular weight excluding hydrogens is 364 g/mol. The minimum Gasteiger partial charge on any atom is -0.305 e. The lowest BCUT2D eigenvalue weighted by molar-refractivity contribution is 0.550. The number of halogens is 1. The van der Waals surface area contributed by atoms with Gasteiger partial charge in [0.1, 0.15) is 5.65 Å². The summed E-state index contributed by atoms with van der Waals surface area (Å²) in [4.78, 5) is 5.91. The molecule has 0 aliphatic heterocycles. The lowest BCUT2D eigenvalue weighted by Gasteiger charge is -2.02. The summed E-state index contributed by atoms with van der Waals surface area (Å²) in [5, 5.41) is 15.6. The Balaban J connectivity index is 1.42. The molecule has 4 heterocycles. The first kappa shape index (κ1) is 15.6. The van der Waals surface area contributed by atoms with Crippen LogP contribution in [-0.2, 0) is 18.7 Å². The summed E-state index contributed by atoms with van der Waals surface area (Å²) in [7, 11) is 0. The van der Waals surface area contributed by atoms with E-state index < -0.39 is 0 Å². The van der Waals surface area contributed by atoms with Crippen LogP contribution >= 0.6 is 34.7 Å². The van der Waals surface area contributed by atoms with Crippen molar-refractivity contribution in [2.45, 2.75) is 23.9 Å². The van der Waals surface area contributed by atoms with Crippen molar-refractivity contribution in [2.75, 3.05) is 0 Å². The second-order valence-electron chi connectivity index (χ2n) is 5.15. The Bertz CT molecular complexity index is 946. The van der Waals surface area contributed by atoms with E-state index in [1.807, 2.05) is 33.6 Å². The van der Waals surface area contributed by atoms with Gasteiger partial charge in [-0.25, -0.2) is 9.67 Å². The van der Waals surface area contributed by atoms with Gasteiger partial charge in [-0.2, -0.15) is 0 Å². The maximum atomic E-state index is 6.00. The van der Waals surface area contributed by atoms with Gasteiger partial charge in [0, 0.05) is 29.4 Å². The maximum Gasteiger partial charge on any atom is 0.209 e. The fraction of sp³-hybridized carbons (Fsp3) is 0.200. The predicted molar refractivity (Wildman–Crippen MR) is 95.6 cm³/mol. The van der Waals surface area contributed by atoms with Crippen LogP contribution in [0.2, 0.25) is 5.02 Å². The molecule has 4 aromatic heterocycles. The summed E-state index contributed by atoms with van der Waals surface area (Å²) >= 11 is 9.34. The first-order chi connectivity index (χ1) is 11.8. The van der Waals surface area contributed by atoms with Crippen molar-refractivity contribution in [3.05, 3.63) is 57.6 Å². The van der Waals surface area contributed by atoms with E-state index in [-0.39, 0.29) is 0 Å². The number of tetrazole rings is 1. The number of fused-ring (bicyclic) bond motifs is 1. The van der Waals surface area contributed by atoms with Gasteiger partial charge in [0.25, 0.3) is 0 Å². The van der Waals surface area contributed by atoms with E-state index in [4.69, 9.17) is 11.6 Å².